The van der Waals surface area contributed by atoms with E-state index in [0.717, 1.165) is 0 Å². The molecule has 4 heteroatoms. The number of nitrogens with two attached hydrogens (primary N) is 1. The van der Waals surface area contributed by atoms with Crippen LogP contribution in [0.1, 0.15) is 13.8 Å². The Morgan fingerprint density at radius 2 is 2.17 bits per heavy atom. The summed E-state index contributed by atoms with van der Waals surface area (Å²) in [5.41, 5.74) is 5.20. The molecule has 0 rings (SSSR count). The fourth-order valence-corrected chi connectivity index (χ4v) is 0.633. The van der Waals surface area contributed by atoms with Crippen LogP contribution in [-0.4, -0.2) is 43.7 Å². The molecule has 0 heterocycles. The highest BCUT2D eigenvalue weighted by molar-refractivity contribution is 5.77. The van der Waals surface area contributed by atoms with E-state index < -0.39 is 0 Å². The normalized spacial score (nSPS) is 10.4. The highest BCUT2D eigenvalue weighted by Gasteiger charge is 2.10. The van der Waals surface area contributed by atoms with E-state index >= 15 is 0 Å². The lowest BCUT2D eigenvalue weighted by molar-refractivity contribution is -0.136. The summed E-state index contributed by atoms with van der Waals surface area (Å²) in [4.78, 5) is 12.9. The van der Waals surface area contributed by atoms with Gasteiger partial charge < -0.3 is 15.4 Å². The molecule has 0 aromatic heterocycles. The molecular weight excluding hydrogens is 156 g/mol. The molecule has 0 unspecified atom stereocenters. The Morgan fingerprint density at radius 3 is 2.58 bits per heavy atom. The monoisotopic (exact) mass is 174 g/mol. The lowest BCUT2D eigenvalue weighted by Crippen LogP contribution is -2.36. The van der Waals surface area contributed by atoms with Crippen molar-refractivity contribution in [2.75, 3.05) is 26.8 Å². The van der Waals surface area contributed by atoms with Crippen LogP contribution < -0.4 is 5.73 Å². The smallest absolute Gasteiger partial charge is 0.248 e. The van der Waals surface area contributed by atoms with Gasteiger partial charge in [-0.15, -0.1) is 0 Å². The third-order valence-electron chi connectivity index (χ3n) is 1.66. The van der Waals surface area contributed by atoms with Gasteiger partial charge in [-0.1, -0.05) is 0 Å². The first kappa shape index (κ1) is 11.4. The molecule has 0 aromatic rings. The van der Waals surface area contributed by atoms with Crippen molar-refractivity contribution >= 4 is 5.91 Å². The summed E-state index contributed by atoms with van der Waals surface area (Å²) >= 11 is 0. The van der Waals surface area contributed by atoms with Crippen LogP contribution in [0, 0.1) is 0 Å². The van der Waals surface area contributed by atoms with E-state index in [1.165, 1.54) is 0 Å². The second-order valence-electron chi connectivity index (χ2n) is 2.94. The molecule has 0 bridgehead atoms. The van der Waals surface area contributed by atoms with Gasteiger partial charge in [0.2, 0.25) is 5.91 Å². The van der Waals surface area contributed by atoms with E-state index in [0.29, 0.717) is 13.2 Å². The number of rotatable bonds is 5. The highest BCUT2D eigenvalue weighted by Crippen LogP contribution is 1.94. The molecule has 2 N–H and O–H groups in total. The first-order chi connectivity index (χ1) is 5.59. The fraction of sp³-hybridized carbons (Fsp3) is 0.875. The molecule has 0 radical (unpaired) electrons. The van der Waals surface area contributed by atoms with E-state index in [9.17, 15) is 4.79 Å². The van der Waals surface area contributed by atoms with Crippen LogP contribution in [0.2, 0.25) is 0 Å². The second-order valence-corrected chi connectivity index (χ2v) is 2.94. The first-order valence-corrected chi connectivity index (χ1v) is 4.13. The van der Waals surface area contributed by atoms with Gasteiger partial charge in [0.15, 0.2) is 0 Å². The van der Waals surface area contributed by atoms with Gasteiger partial charge >= 0.3 is 0 Å². The van der Waals surface area contributed by atoms with Crippen molar-refractivity contribution in [2.45, 2.75) is 19.9 Å². The Kier molecular flexibility index (Phi) is 5.66. The average Bonchev–Trinajstić information content (AvgIpc) is 2.03. The Labute approximate surface area is 73.7 Å². The van der Waals surface area contributed by atoms with Crippen molar-refractivity contribution in [2.24, 2.45) is 5.73 Å². The van der Waals surface area contributed by atoms with E-state index in [1.54, 1.807) is 11.9 Å². The molecule has 1 amide bonds. The molecular formula is C8H18N2O2. The maximum Gasteiger partial charge on any atom is 0.248 e. The highest BCUT2D eigenvalue weighted by atomic mass is 16.5. The molecule has 0 aromatic carbocycles. The van der Waals surface area contributed by atoms with Crippen molar-refractivity contribution in [3.8, 4) is 0 Å². The predicted octanol–water partition coefficient (Wildman–Crippen LogP) is -0.171. The zero-order valence-electron chi connectivity index (χ0n) is 8.04. The van der Waals surface area contributed by atoms with Crippen molar-refractivity contribution in [1.29, 1.82) is 0 Å². The average molecular weight is 174 g/mol. The molecule has 0 aliphatic heterocycles. The minimum absolute atomic E-state index is 0.00144. The van der Waals surface area contributed by atoms with Gasteiger partial charge in [-0.05, 0) is 13.8 Å². The molecule has 0 atom stereocenters. The number of amides is 1. The summed E-state index contributed by atoms with van der Waals surface area (Å²) in [6, 6.07) is 0.221. The van der Waals surface area contributed by atoms with Crippen LogP contribution in [0.15, 0.2) is 0 Å². The number of hydrogen-bond acceptors (Lipinski definition) is 3. The summed E-state index contributed by atoms with van der Waals surface area (Å²) < 4.78 is 5.00. The lowest BCUT2D eigenvalue weighted by Gasteiger charge is -2.21. The maximum absolute atomic E-state index is 11.2. The Morgan fingerprint density at radius 1 is 1.58 bits per heavy atom. The molecule has 0 aliphatic rings. The Bertz CT molecular complexity index is 137. The zero-order valence-corrected chi connectivity index (χ0v) is 8.04. The number of nitrogens with zero attached hydrogens (tertiary/aromatic N) is 1. The largest absolute Gasteiger partial charge is 0.370 e. The van der Waals surface area contributed by atoms with Crippen LogP contribution >= 0.6 is 0 Å². The summed E-state index contributed by atoms with van der Waals surface area (Å²) in [5, 5.41) is 0. The quantitative estimate of drug-likeness (QED) is 0.589. The van der Waals surface area contributed by atoms with Crippen LogP contribution in [0.5, 0.6) is 0 Å². The molecule has 0 aliphatic carbocycles. The standard InChI is InChI=1S/C8H18N2O2/c1-7(2)10(3)8(11)6-12-5-4-9/h7H,4-6,9H2,1-3H3. The third-order valence-corrected chi connectivity index (χ3v) is 1.66. The SMILES string of the molecule is CC(C)N(C)C(=O)COCCN. The predicted molar refractivity (Wildman–Crippen MR) is 47.8 cm³/mol. The van der Waals surface area contributed by atoms with E-state index in [2.05, 4.69) is 0 Å². The van der Waals surface area contributed by atoms with Gasteiger partial charge in [0.05, 0.1) is 6.61 Å². The van der Waals surface area contributed by atoms with Crippen molar-refractivity contribution in [3.63, 3.8) is 0 Å². The second kappa shape index (κ2) is 5.97. The topological polar surface area (TPSA) is 55.6 Å². The number of carbonyl (C=O) groups is 1. The number of ether oxygens (including phenoxy) is 1. The summed E-state index contributed by atoms with van der Waals surface area (Å²) in [6.45, 7) is 4.95. The van der Waals surface area contributed by atoms with Gasteiger partial charge in [0.25, 0.3) is 0 Å². The minimum Gasteiger partial charge on any atom is -0.370 e. The van der Waals surface area contributed by atoms with E-state index in [-0.39, 0.29) is 18.6 Å². The Balaban J connectivity index is 3.57. The number of likely N-dealkylation sites (N-methyl/N-ethyl adjacent to an activating group) is 1. The van der Waals surface area contributed by atoms with E-state index in [4.69, 9.17) is 10.5 Å². The number of hydrogen-bond donors (Lipinski definition) is 1. The van der Waals surface area contributed by atoms with Crippen molar-refractivity contribution in [1.82, 2.24) is 4.90 Å². The summed E-state index contributed by atoms with van der Waals surface area (Å²) in [6.07, 6.45) is 0. The molecule has 4 nitrogen and oxygen atoms in total. The Hall–Kier alpha value is -0.610. The molecule has 72 valence electrons. The summed E-state index contributed by atoms with van der Waals surface area (Å²) in [7, 11) is 1.76. The lowest BCUT2D eigenvalue weighted by atomic mass is 10.3. The van der Waals surface area contributed by atoms with Gasteiger partial charge in [-0.2, -0.15) is 0 Å². The van der Waals surface area contributed by atoms with Crippen LogP contribution in [-0.2, 0) is 9.53 Å². The van der Waals surface area contributed by atoms with Gasteiger partial charge in [-0.25, -0.2) is 0 Å². The zero-order chi connectivity index (χ0) is 9.56. The molecule has 0 spiro atoms. The van der Waals surface area contributed by atoms with Gasteiger partial charge in [0.1, 0.15) is 6.61 Å². The molecule has 0 saturated heterocycles. The first-order valence-electron chi connectivity index (χ1n) is 4.13. The maximum atomic E-state index is 11.2. The van der Waals surface area contributed by atoms with E-state index in [1.807, 2.05) is 13.8 Å². The van der Waals surface area contributed by atoms with Crippen molar-refractivity contribution in [3.05, 3.63) is 0 Å². The van der Waals surface area contributed by atoms with Crippen LogP contribution in [0.3, 0.4) is 0 Å². The number of carbonyl (C=O) groups excluding carboxylic acids is 1. The molecule has 12 heavy (non-hydrogen) atoms. The fourth-order valence-electron chi connectivity index (χ4n) is 0.633. The summed E-state index contributed by atoms with van der Waals surface area (Å²) in [5.74, 6) is -0.00144. The molecule has 0 saturated carbocycles. The minimum atomic E-state index is -0.00144. The third kappa shape index (κ3) is 4.31. The molecule has 0 fully saturated rings. The van der Waals surface area contributed by atoms with Crippen molar-refractivity contribution < 1.29 is 9.53 Å². The van der Waals surface area contributed by atoms with Crippen LogP contribution in [0.4, 0.5) is 0 Å². The van der Waals surface area contributed by atoms with Gasteiger partial charge in [-0.3, -0.25) is 4.79 Å². The van der Waals surface area contributed by atoms with Crippen LogP contribution in [0.25, 0.3) is 0 Å². The van der Waals surface area contributed by atoms with Gasteiger partial charge in [0, 0.05) is 19.6 Å².